The standard InChI is InChI=1S/C18H20ClN3O3S/c1-10-15(26-16(20-10)12-3-5-14(19)6-4-12)11(2)21-18(25)22-8-7-13(9-22)17(23)24/h3-6,11,13H,7-9H2,1-2H3,(H,21,25)(H,23,24). The molecule has 26 heavy (non-hydrogen) atoms. The molecule has 2 N–H and O–H groups in total. The summed E-state index contributed by atoms with van der Waals surface area (Å²) < 4.78 is 0. The van der Waals surface area contributed by atoms with Crippen LogP contribution in [0.15, 0.2) is 24.3 Å². The SMILES string of the molecule is Cc1nc(-c2ccc(Cl)cc2)sc1C(C)NC(=O)N1CCC(C(=O)O)C1. The Labute approximate surface area is 160 Å². The summed E-state index contributed by atoms with van der Waals surface area (Å²) in [5.74, 6) is -1.32. The molecule has 2 unspecified atom stereocenters. The average Bonchev–Trinajstić information content (AvgIpc) is 3.22. The molecule has 2 amide bonds. The fourth-order valence-electron chi connectivity index (χ4n) is 3.01. The number of halogens is 1. The van der Waals surface area contributed by atoms with Crippen LogP contribution in [0, 0.1) is 12.8 Å². The van der Waals surface area contributed by atoms with Gasteiger partial charge in [-0.1, -0.05) is 23.7 Å². The van der Waals surface area contributed by atoms with Crippen molar-refractivity contribution in [1.29, 1.82) is 0 Å². The maximum Gasteiger partial charge on any atom is 0.317 e. The van der Waals surface area contributed by atoms with Crippen LogP contribution in [0.4, 0.5) is 4.79 Å². The number of carbonyl (C=O) groups excluding carboxylic acids is 1. The highest BCUT2D eigenvalue weighted by molar-refractivity contribution is 7.15. The molecule has 2 atom stereocenters. The number of carboxylic acids is 1. The van der Waals surface area contributed by atoms with E-state index in [2.05, 4.69) is 10.3 Å². The van der Waals surface area contributed by atoms with Crippen LogP contribution in [0.3, 0.4) is 0 Å². The summed E-state index contributed by atoms with van der Waals surface area (Å²) in [5, 5.41) is 13.6. The number of aryl methyl sites for hydroxylation is 1. The smallest absolute Gasteiger partial charge is 0.317 e. The zero-order valence-electron chi connectivity index (χ0n) is 14.5. The summed E-state index contributed by atoms with van der Waals surface area (Å²) in [4.78, 5) is 30.6. The second-order valence-corrected chi connectivity index (χ2v) is 7.88. The van der Waals surface area contributed by atoms with Gasteiger partial charge in [-0.25, -0.2) is 9.78 Å². The van der Waals surface area contributed by atoms with Gasteiger partial charge in [0.1, 0.15) is 5.01 Å². The predicted molar refractivity (Wildman–Crippen MR) is 102 cm³/mol. The van der Waals surface area contributed by atoms with E-state index in [0.29, 0.717) is 18.0 Å². The van der Waals surface area contributed by atoms with E-state index >= 15 is 0 Å². The van der Waals surface area contributed by atoms with Crippen molar-refractivity contribution in [2.24, 2.45) is 5.92 Å². The molecule has 2 heterocycles. The first-order valence-corrected chi connectivity index (χ1v) is 9.56. The molecule has 1 aromatic carbocycles. The minimum Gasteiger partial charge on any atom is -0.481 e. The minimum atomic E-state index is -0.848. The first kappa shape index (κ1) is 18.7. The van der Waals surface area contributed by atoms with Gasteiger partial charge in [0.15, 0.2) is 0 Å². The molecule has 1 aliphatic heterocycles. The Hall–Kier alpha value is -2.12. The number of hydrogen-bond donors (Lipinski definition) is 2. The normalized spacial score (nSPS) is 18.0. The molecule has 1 aliphatic rings. The molecule has 2 aromatic rings. The lowest BCUT2D eigenvalue weighted by atomic mass is 10.1. The van der Waals surface area contributed by atoms with Gasteiger partial charge in [-0.3, -0.25) is 4.79 Å². The molecule has 0 saturated carbocycles. The van der Waals surface area contributed by atoms with E-state index in [9.17, 15) is 9.59 Å². The first-order chi connectivity index (χ1) is 12.3. The third-order valence-corrected chi connectivity index (χ3v) is 6.12. The average molecular weight is 394 g/mol. The number of hydrogen-bond acceptors (Lipinski definition) is 4. The van der Waals surface area contributed by atoms with Crippen LogP contribution < -0.4 is 5.32 Å². The van der Waals surface area contributed by atoms with Crippen LogP contribution in [0.25, 0.3) is 10.6 Å². The highest BCUT2D eigenvalue weighted by Crippen LogP contribution is 2.32. The van der Waals surface area contributed by atoms with Gasteiger partial charge in [0, 0.05) is 23.7 Å². The van der Waals surface area contributed by atoms with Gasteiger partial charge in [0.25, 0.3) is 0 Å². The van der Waals surface area contributed by atoms with Crippen molar-refractivity contribution in [3.05, 3.63) is 39.9 Å². The second-order valence-electron chi connectivity index (χ2n) is 6.42. The maximum atomic E-state index is 12.4. The van der Waals surface area contributed by atoms with Crippen LogP contribution >= 0.6 is 22.9 Å². The molecule has 3 rings (SSSR count). The molecule has 0 aliphatic carbocycles. The quantitative estimate of drug-likeness (QED) is 0.823. The number of nitrogens with one attached hydrogen (secondary N) is 1. The summed E-state index contributed by atoms with van der Waals surface area (Å²) in [6.45, 7) is 4.55. The van der Waals surface area contributed by atoms with E-state index in [4.69, 9.17) is 16.7 Å². The lowest BCUT2D eigenvalue weighted by Gasteiger charge is -2.20. The summed E-state index contributed by atoms with van der Waals surface area (Å²) in [5.41, 5.74) is 1.86. The van der Waals surface area contributed by atoms with Crippen LogP contribution in [0.2, 0.25) is 5.02 Å². The number of amides is 2. The van der Waals surface area contributed by atoms with E-state index in [0.717, 1.165) is 21.1 Å². The van der Waals surface area contributed by atoms with E-state index < -0.39 is 11.9 Å². The molecule has 138 valence electrons. The van der Waals surface area contributed by atoms with E-state index in [1.807, 2.05) is 38.1 Å². The molecule has 6 nitrogen and oxygen atoms in total. The number of urea groups is 1. The number of carboxylic acid groups (broad SMARTS) is 1. The number of aliphatic carboxylic acids is 1. The molecule has 1 fully saturated rings. The zero-order valence-corrected chi connectivity index (χ0v) is 16.1. The largest absolute Gasteiger partial charge is 0.481 e. The second kappa shape index (κ2) is 7.63. The van der Waals surface area contributed by atoms with Gasteiger partial charge in [-0.15, -0.1) is 11.3 Å². The van der Waals surface area contributed by atoms with Crippen molar-refractivity contribution >= 4 is 34.9 Å². The Morgan fingerprint density at radius 2 is 2.08 bits per heavy atom. The third-order valence-electron chi connectivity index (χ3n) is 4.48. The topological polar surface area (TPSA) is 82.5 Å². The Morgan fingerprint density at radius 3 is 2.69 bits per heavy atom. The molecule has 0 spiro atoms. The monoisotopic (exact) mass is 393 g/mol. The summed E-state index contributed by atoms with van der Waals surface area (Å²) in [6.07, 6.45) is 0.497. The van der Waals surface area contributed by atoms with Gasteiger partial charge >= 0.3 is 12.0 Å². The van der Waals surface area contributed by atoms with Crippen molar-refractivity contribution in [2.75, 3.05) is 13.1 Å². The van der Waals surface area contributed by atoms with Crippen molar-refractivity contribution in [1.82, 2.24) is 15.2 Å². The van der Waals surface area contributed by atoms with E-state index in [1.165, 1.54) is 11.3 Å². The lowest BCUT2D eigenvalue weighted by molar-refractivity contribution is -0.141. The van der Waals surface area contributed by atoms with Gasteiger partial charge < -0.3 is 15.3 Å². The van der Waals surface area contributed by atoms with E-state index in [-0.39, 0.29) is 18.6 Å². The van der Waals surface area contributed by atoms with Crippen molar-refractivity contribution < 1.29 is 14.7 Å². The van der Waals surface area contributed by atoms with Crippen molar-refractivity contribution in [3.8, 4) is 10.6 Å². The third kappa shape index (κ3) is 3.99. The van der Waals surface area contributed by atoms with Crippen molar-refractivity contribution in [2.45, 2.75) is 26.3 Å². The Morgan fingerprint density at radius 1 is 1.38 bits per heavy atom. The highest BCUT2D eigenvalue weighted by atomic mass is 35.5. The van der Waals surface area contributed by atoms with Gasteiger partial charge in [-0.05, 0) is 32.4 Å². The number of aromatic nitrogens is 1. The fourth-order valence-corrected chi connectivity index (χ4v) is 4.21. The fraction of sp³-hybridized carbons (Fsp3) is 0.389. The number of benzene rings is 1. The number of rotatable bonds is 4. The van der Waals surface area contributed by atoms with Gasteiger partial charge in [0.2, 0.25) is 0 Å². The molecular weight excluding hydrogens is 374 g/mol. The molecule has 8 heteroatoms. The molecule has 1 aromatic heterocycles. The maximum absolute atomic E-state index is 12.4. The number of nitrogens with zero attached hydrogens (tertiary/aromatic N) is 2. The van der Waals surface area contributed by atoms with E-state index in [1.54, 1.807) is 4.90 Å². The Balaban J connectivity index is 1.68. The summed E-state index contributed by atoms with van der Waals surface area (Å²) in [7, 11) is 0. The van der Waals surface area contributed by atoms with Gasteiger partial charge in [0.05, 0.1) is 22.5 Å². The van der Waals surface area contributed by atoms with Crippen molar-refractivity contribution in [3.63, 3.8) is 0 Å². The number of thiazole rings is 1. The van der Waals surface area contributed by atoms with Gasteiger partial charge in [-0.2, -0.15) is 0 Å². The molecule has 0 radical (unpaired) electrons. The highest BCUT2D eigenvalue weighted by Gasteiger charge is 2.31. The first-order valence-electron chi connectivity index (χ1n) is 8.36. The minimum absolute atomic E-state index is 0.204. The van der Waals surface area contributed by atoms with Crippen LogP contribution in [-0.4, -0.2) is 40.1 Å². The van der Waals surface area contributed by atoms with Crippen LogP contribution in [0.5, 0.6) is 0 Å². The zero-order chi connectivity index (χ0) is 18.8. The lowest BCUT2D eigenvalue weighted by Crippen LogP contribution is -2.40. The molecule has 1 saturated heterocycles. The van der Waals surface area contributed by atoms with Crippen LogP contribution in [-0.2, 0) is 4.79 Å². The molecule has 0 bridgehead atoms. The Kier molecular flexibility index (Phi) is 5.48. The van der Waals surface area contributed by atoms with Crippen LogP contribution in [0.1, 0.15) is 30.0 Å². The molecular formula is C18H20ClN3O3S. The Bertz CT molecular complexity index is 822. The summed E-state index contributed by atoms with van der Waals surface area (Å²) in [6, 6.07) is 7.05. The predicted octanol–water partition coefficient (Wildman–Crippen LogP) is 3.95. The number of carbonyl (C=O) groups is 2. The number of likely N-dealkylation sites (tertiary alicyclic amines) is 1. The summed E-state index contributed by atoms with van der Waals surface area (Å²) >= 11 is 7.46.